The summed E-state index contributed by atoms with van der Waals surface area (Å²) in [6.45, 7) is 8.86. The van der Waals surface area contributed by atoms with Gasteiger partial charge in [-0.2, -0.15) is 0 Å². The number of amides is 6. The molecule has 8 aromatic rings. The molecule has 0 aliphatic carbocycles. The van der Waals surface area contributed by atoms with E-state index in [4.69, 9.17) is 45.1 Å². The highest BCUT2D eigenvalue weighted by Gasteiger charge is 2.33. The number of aromatic nitrogens is 7. The van der Waals surface area contributed by atoms with Crippen molar-refractivity contribution in [1.82, 2.24) is 61.5 Å². The minimum absolute atomic E-state index is 0.00186. The second kappa shape index (κ2) is 27.0. The molecule has 10 bridgehead atoms. The first-order chi connectivity index (χ1) is 40.2. The van der Waals surface area contributed by atoms with Gasteiger partial charge in [-0.1, -0.05) is 49.3 Å². The molecule has 1 aliphatic heterocycles. The fourth-order valence-electron chi connectivity index (χ4n) is 8.43. The summed E-state index contributed by atoms with van der Waals surface area (Å²) in [5, 5.41) is 42.7. The van der Waals surface area contributed by atoms with Crippen LogP contribution in [0.15, 0.2) is 74.2 Å². The van der Waals surface area contributed by atoms with Crippen LogP contribution in [0.5, 0.6) is 0 Å². The van der Waals surface area contributed by atoms with Gasteiger partial charge in [0.25, 0.3) is 17.7 Å². The molecule has 4 atom stereocenters. The van der Waals surface area contributed by atoms with Gasteiger partial charge in [0.05, 0.1) is 48.8 Å². The molecule has 84 heavy (non-hydrogen) atoms. The van der Waals surface area contributed by atoms with Crippen molar-refractivity contribution in [2.24, 2.45) is 21.9 Å². The van der Waals surface area contributed by atoms with Gasteiger partial charge in [0.15, 0.2) is 5.82 Å². The number of nitrogens with one attached hydrogen (secondary N) is 5. The maximum absolute atomic E-state index is 14.3. The maximum atomic E-state index is 14.3. The van der Waals surface area contributed by atoms with Crippen LogP contribution < -0.4 is 32.3 Å². The number of aryl methyl sites for hydroxylation is 1. The van der Waals surface area contributed by atoms with Crippen LogP contribution >= 0.6 is 68.0 Å². The molecule has 438 valence electrons. The summed E-state index contributed by atoms with van der Waals surface area (Å²) < 4.78 is 10.6. The quantitative estimate of drug-likeness (QED) is 0.0418. The van der Waals surface area contributed by atoms with Crippen molar-refractivity contribution < 1.29 is 43.3 Å². The van der Waals surface area contributed by atoms with Crippen molar-refractivity contribution in [3.8, 4) is 43.4 Å². The molecule has 24 nitrogen and oxygen atoms in total. The molecule has 0 saturated carbocycles. The van der Waals surface area contributed by atoms with Crippen LogP contribution in [0.2, 0.25) is 0 Å². The first-order valence-corrected chi connectivity index (χ1v) is 31.2. The van der Waals surface area contributed by atoms with Crippen LogP contribution in [0.3, 0.4) is 0 Å². The van der Waals surface area contributed by atoms with Crippen molar-refractivity contribution >= 4 is 109 Å². The van der Waals surface area contributed by atoms with E-state index >= 15 is 0 Å². The molecule has 0 saturated heterocycles. The third-order valence-corrected chi connectivity index (χ3v) is 18.4. The van der Waals surface area contributed by atoms with E-state index in [-0.39, 0.29) is 48.5 Å². The molecule has 0 radical (unpaired) electrons. The third kappa shape index (κ3) is 14.9. The third-order valence-electron chi connectivity index (χ3n) is 12.7. The molecule has 0 spiro atoms. The Hall–Kier alpha value is -7.55. The molecular formula is C54H57N15O9S6. The highest BCUT2D eigenvalue weighted by Crippen LogP contribution is 2.40. The summed E-state index contributed by atoms with van der Waals surface area (Å²) in [6, 6.07) is 9.48. The van der Waals surface area contributed by atoms with Crippen LogP contribution in [0.25, 0.3) is 43.4 Å². The molecule has 8 heterocycles. The summed E-state index contributed by atoms with van der Waals surface area (Å²) in [6.07, 6.45) is -1.17. The van der Waals surface area contributed by atoms with E-state index in [9.17, 15) is 33.9 Å². The number of aliphatic hydroxyl groups is 1. The van der Waals surface area contributed by atoms with Crippen LogP contribution in [-0.4, -0.2) is 108 Å². The highest BCUT2D eigenvalue weighted by atomic mass is 32.1. The molecule has 1 aromatic carbocycles. The van der Waals surface area contributed by atoms with E-state index in [0.29, 0.717) is 86.5 Å². The predicted octanol–water partition coefficient (Wildman–Crippen LogP) is 9.05. The van der Waals surface area contributed by atoms with Gasteiger partial charge in [-0.05, 0) is 57.2 Å². The average molecular weight is 1250 g/mol. The number of rotatable bonds is 13. The minimum Gasteiger partial charge on any atom is -0.447 e. The van der Waals surface area contributed by atoms with Gasteiger partial charge in [0.2, 0.25) is 11.8 Å². The number of aliphatic hydroxyl groups excluding tert-OH is 1. The molecule has 8 N–H and O–H groups in total. The molecule has 7 aromatic heterocycles. The lowest BCUT2D eigenvalue weighted by Crippen LogP contribution is -2.40. The summed E-state index contributed by atoms with van der Waals surface area (Å²) in [5.41, 5.74) is 8.31. The molecule has 9 rings (SSSR count). The number of fused-ring (bicyclic) bond motifs is 14. The van der Waals surface area contributed by atoms with E-state index in [2.05, 4.69) is 41.8 Å². The zero-order chi connectivity index (χ0) is 59.8. The number of ether oxygens (including phenoxy) is 2. The van der Waals surface area contributed by atoms with Crippen molar-refractivity contribution in [3.05, 3.63) is 111 Å². The zero-order valence-electron chi connectivity index (χ0n) is 46.2. The number of carbonyl (C=O) groups is 6. The summed E-state index contributed by atoms with van der Waals surface area (Å²) >= 11 is 7.15. The number of hydrogen-bond donors (Lipinski definition) is 7. The number of carbonyl (C=O) groups excluding carboxylic acids is 6. The Kier molecular flexibility index (Phi) is 19.6. The normalized spacial score (nSPS) is 16.6. The van der Waals surface area contributed by atoms with Gasteiger partial charge in [-0.15, -0.1) is 73.1 Å². The van der Waals surface area contributed by atoms with E-state index in [1.54, 1.807) is 70.9 Å². The lowest BCUT2D eigenvalue weighted by molar-refractivity contribution is -0.122. The van der Waals surface area contributed by atoms with Gasteiger partial charge < -0.3 is 46.9 Å². The first-order valence-electron chi connectivity index (χ1n) is 26.1. The Balaban J connectivity index is 1.10. The number of benzene rings is 1. The lowest BCUT2D eigenvalue weighted by Gasteiger charge is -2.23. The summed E-state index contributed by atoms with van der Waals surface area (Å²) in [5.74, 6) is -2.99. The number of nitrogens with zero attached hydrogens (tertiary/aromatic N) is 9. The number of pyridine rings is 1. The molecular weight excluding hydrogens is 1200 g/mol. The van der Waals surface area contributed by atoms with Gasteiger partial charge >= 0.3 is 6.09 Å². The molecule has 0 unspecified atom stereocenters. The number of thiazole rings is 6. The van der Waals surface area contributed by atoms with Gasteiger partial charge in [-0.25, -0.2) is 39.7 Å². The van der Waals surface area contributed by atoms with Crippen LogP contribution in [0, 0.1) is 12.8 Å². The Bertz CT molecular complexity index is 3730. The van der Waals surface area contributed by atoms with E-state index in [0.717, 1.165) is 11.3 Å². The number of hydrogen-bond acceptors (Lipinski definition) is 24. The number of methoxy groups -OCH3 is 1. The number of nitrogens with two attached hydrogens (primary N) is 1. The smallest absolute Gasteiger partial charge is 0.447 e. The standard InChI is InChI=1S/C54H57N15O9S6/c1-25(2)38-52-67-41(34(84-52)20-77-7)45(74)57-19-37(71)64-42(43(72)27-12-9-8-10-13-27)51-62-33(23-81-51)49-60-31(21-80-49)40-28(14-15-29(58-40)48-63-35(24-82-48)68-69-53(76)78-17-11-16-54(4,5)55)47-61-32(22-79-47)44(73)59-30(18-36(70)56-6)50-66-39(26(3)83-50)46(75)65-38/h8-10,12-15,21-25,30,38,42-43,72H,11,16-20,55H2,1-7H3,(H,56,70)(H,57,74)(H,59,73)(H,64,71)(H,65,75)/t30-,38-,42-,43-/m0/s1. The van der Waals surface area contributed by atoms with Crippen molar-refractivity contribution in [2.45, 2.75) is 90.3 Å². The Morgan fingerprint density at radius 2 is 1.48 bits per heavy atom. The average Bonchev–Trinajstić information content (AvgIpc) is 4.53. The van der Waals surface area contributed by atoms with Gasteiger partial charge in [0, 0.05) is 51.7 Å². The van der Waals surface area contributed by atoms with Crippen molar-refractivity contribution in [1.29, 1.82) is 0 Å². The molecule has 0 fully saturated rings. The fourth-order valence-corrected chi connectivity index (χ4v) is 13.9. The lowest BCUT2D eigenvalue weighted by atomic mass is 10.0. The minimum atomic E-state index is -1.28. The summed E-state index contributed by atoms with van der Waals surface area (Å²) in [4.78, 5) is 116. The summed E-state index contributed by atoms with van der Waals surface area (Å²) in [7, 11) is 2.94. The van der Waals surface area contributed by atoms with E-state index in [1.165, 1.54) is 70.8 Å². The van der Waals surface area contributed by atoms with Crippen LogP contribution in [-0.2, 0) is 25.7 Å². The topological polar surface area (TPSA) is 342 Å². The van der Waals surface area contributed by atoms with E-state index < -0.39 is 71.9 Å². The van der Waals surface area contributed by atoms with Crippen molar-refractivity contribution in [3.63, 3.8) is 0 Å². The first kappa shape index (κ1) is 61.0. The van der Waals surface area contributed by atoms with Crippen LogP contribution in [0.4, 0.5) is 10.6 Å². The molecule has 30 heteroatoms. The Labute approximate surface area is 505 Å². The van der Waals surface area contributed by atoms with Crippen LogP contribution in [0.1, 0.15) is 133 Å². The maximum Gasteiger partial charge on any atom is 0.452 e. The second-order valence-electron chi connectivity index (χ2n) is 20.1. The highest BCUT2D eigenvalue weighted by molar-refractivity contribution is 7.15. The SMILES string of the molecule is CNC(=O)C[C@@H]1NC(=O)c2csc(n2)-c2ccc(-c3nc(N=NC(=O)OCCCC(C)(C)N)cs3)nc2-c2csc(n2)-c2csc(n2)[C@H]([C@@H](O)c2ccccc2)NC(=O)CNC(=O)c2nc(sc2COC)[C@H](C(C)C)NC(=O)c2nc1sc2C. The van der Waals surface area contributed by atoms with Gasteiger partial charge in [0.1, 0.15) is 76.4 Å². The fraction of sp³-hybridized carbons (Fsp3) is 0.352. The predicted molar refractivity (Wildman–Crippen MR) is 320 cm³/mol. The van der Waals surface area contributed by atoms with Crippen molar-refractivity contribution in [2.75, 3.05) is 27.3 Å². The second-order valence-corrected chi connectivity index (χ2v) is 25.9. The van der Waals surface area contributed by atoms with Gasteiger partial charge in [-0.3, -0.25) is 24.0 Å². The zero-order valence-corrected chi connectivity index (χ0v) is 51.1. The molecule has 1 aliphatic rings. The monoisotopic (exact) mass is 1250 g/mol. The van der Waals surface area contributed by atoms with E-state index in [1.807, 2.05) is 27.7 Å². The number of azo groups is 1. The molecule has 6 amide bonds. The Morgan fingerprint density at radius 3 is 2.23 bits per heavy atom. The Morgan fingerprint density at radius 1 is 0.762 bits per heavy atom. The largest absolute Gasteiger partial charge is 0.452 e.